The Labute approximate surface area is 95.5 Å². The van der Waals surface area contributed by atoms with Crippen LogP contribution >= 0.6 is 11.6 Å². The summed E-state index contributed by atoms with van der Waals surface area (Å²) in [6.07, 6.45) is 1.74. The molecule has 3 nitrogen and oxygen atoms in total. The minimum absolute atomic E-state index is 0.154. The topological polar surface area (TPSA) is 45.1 Å². The van der Waals surface area contributed by atoms with Gasteiger partial charge in [0.25, 0.3) is 0 Å². The molecule has 0 amide bonds. The van der Waals surface area contributed by atoms with Gasteiger partial charge in [0.05, 0.1) is 5.60 Å². The number of pyridine rings is 1. The Hall–Kier alpha value is -0.640. The van der Waals surface area contributed by atoms with E-state index in [9.17, 15) is 5.11 Å². The molecule has 0 aliphatic heterocycles. The molecule has 1 aromatic heterocycles. The lowest BCUT2D eigenvalue weighted by Crippen LogP contribution is -2.36. The molecule has 0 aliphatic carbocycles. The third-order valence-corrected chi connectivity index (χ3v) is 2.31. The molecule has 1 unspecified atom stereocenters. The fourth-order valence-corrected chi connectivity index (χ4v) is 1.28. The van der Waals surface area contributed by atoms with Crippen LogP contribution in [-0.2, 0) is 0 Å². The smallest absolute Gasteiger partial charge is 0.129 e. The molecule has 0 spiro atoms. The number of nitrogens with one attached hydrogen (secondary N) is 1. The molecule has 84 valence electrons. The number of halogens is 1. The Balaban J connectivity index is 2.54. The van der Waals surface area contributed by atoms with Gasteiger partial charge in [0.2, 0.25) is 0 Å². The standard InChI is InChI=1S/C11H17ClN2O/c1-8(14-7-11(2,3)15)9-4-5-10(12)13-6-9/h4-6,8,14-15H,7H2,1-3H3. The lowest BCUT2D eigenvalue weighted by Gasteiger charge is -2.21. The Morgan fingerprint density at radius 3 is 2.67 bits per heavy atom. The van der Waals surface area contributed by atoms with E-state index in [-0.39, 0.29) is 6.04 Å². The van der Waals surface area contributed by atoms with E-state index in [1.807, 2.05) is 13.0 Å². The molecule has 0 saturated carbocycles. The van der Waals surface area contributed by atoms with Gasteiger partial charge in [-0.05, 0) is 32.4 Å². The van der Waals surface area contributed by atoms with Crippen molar-refractivity contribution in [3.8, 4) is 0 Å². The molecule has 15 heavy (non-hydrogen) atoms. The Morgan fingerprint density at radius 1 is 1.53 bits per heavy atom. The minimum atomic E-state index is -0.700. The summed E-state index contributed by atoms with van der Waals surface area (Å²) in [5.41, 5.74) is 0.359. The molecule has 2 N–H and O–H groups in total. The molecule has 4 heteroatoms. The van der Waals surface area contributed by atoms with Gasteiger partial charge in [-0.1, -0.05) is 17.7 Å². The number of nitrogens with zero attached hydrogens (tertiary/aromatic N) is 1. The van der Waals surface area contributed by atoms with Gasteiger partial charge in [-0.3, -0.25) is 0 Å². The lowest BCUT2D eigenvalue weighted by molar-refractivity contribution is 0.0770. The number of hydrogen-bond acceptors (Lipinski definition) is 3. The quantitative estimate of drug-likeness (QED) is 0.777. The molecule has 1 atom stereocenters. The van der Waals surface area contributed by atoms with Gasteiger partial charge < -0.3 is 10.4 Å². The van der Waals surface area contributed by atoms with Crippen LogP contribution in [0, 0.1) is 0 Å². The highest BCUT2D eigenvalue weighted by Crippen LogP contribution is 2.14. The number of aromatic nitrogens is 1. The summed E-state index contributed by atoms with van der Waals surface area (Å²) in [6.45, 7) is 6.10. The summed E-state index contributed by atoms with van der Waals surface area (Å²) < 4.78 is 0. The van der Waals surface area contributed by atoms with E-state index < -0.39 is 5.60 Å². The van der Waals surface area contributed by atoms with Crippen LogP contribution in [0.3, 0.4) is 0 Å². The van der Waals surface area contributed by atoms with Gasteiger partial charge in [-0.25, -0.2) is 4.98 Å². The summed E-state index contributed by atoms with van der Waals surface area (Å²) in [5, 5.41) is 13.3. The molecule has 0 aromatic carbocycles. The summed E-state index contributed by atoms with van der Waals surface area (Å²) in [5.74, 6) is 0. The zero-order valence-corrected chi connectivity index (χ0v) is 10.0. The van der Waals surface area contributed by atoms with E-state index in [4.69, 9.17) is 11.6 Å². The molecular weight excluding hydrogens is 212 g/mol. The van der Waals surface area contributed by atoms with E-state index >= 15 is 0 Å². The van der Waals surface area contributed by atoms with Crippen LogP contribution in [0.15, 0.2) is 18.3 Å². The average Bonchev–Trinajstić information content (AvgIpc) is 2.14. The van der Waals surface area contributed by atoms with Gasteiger partial charge in [0.15, 0.2) is 0 Å². The highest BCUT2D eigenvalue weighted by atomic mass is 35.5. The summed E-state index contributed by atoms with van der Waals surface area (Å²) in [7, 11) is 0. The summed E-state index contributed by atoms with van der Waals surface area (Å²) in [4.78, 5) is 4.01. The van der Waals surface area contributed by atoms with Crippen LogP contribution in [0.25, 0.3) is 0 Å². The Kier molecular flexibility index (Phi) is 4.08. The number of aliphatic hydroxyl groups is 1. The minimum Gasteiger partial charge on any atom is -0.389 e. The molecule has 0 fully saturated rings. The summed E-state index contributed by atoms with van der Waals surface area (Å²) in [6, 6.07) is 3.84. The first-order chi connectivity index (χ1) is 6.88. The summed E-state index contributed by atoms with van der Waals surface area (Å²) >= 11 is 5.69. The highest BCUT2D eigenvalue weighted by Gasteiger charge is 2.14. The lowest BCUT2D eigenvalue weighted by atomic mass is 10.1. The zero-order valence-electron chi connectivity index (χ0n) is 9.29. The normalized spacial score (nSPS) is 13.9. The van der Waals surface area contributed by atoms with Crippen LogP contribution in [0.5, 0.6) is 0 Å². The van der Waals surface area contributed by atoms with Gasteiger partial charge in [-0.15, -0.1) is 0 Å². The molecule has 1 aromatic rings. The third-order valence-electron chi connectivity index (χ3n) is 2.09. The van der Waals surface area contributed by atoms with Crippen LogP contribution in [-0.4, -0.2) is 22.2 Å². The molecule has 0 aliphatic rings. The van der Waals surface area contributed by atoms with Crippen molar-refractivity contribution in [2.45, 2.75) is 32.4 Å². The van der Waals surface area contributed by atoms with Crippen LogP contribution in [0.2, 0.25) is 5.15 Å². The predicted octanol–water partition coefficient (Wildman–Crippen LogP) is 2.16. The largest absolute Gasteiger partial charge is 0.389 e. The van der Waals surface area contributed by atoms with Crippen molar-refractivity contribution < 1.29 is 5.11 Å². The van der Waals surface area contributed by atoms with Gasteiger partial charge in [-0.2, -0.15) is 0 Å². The Morgan fingerprint density at radius 2 is 2.20 bits per heavy atom. The van der Waals surface area contributed by atoms with Gasteiger partial charge in [0.1, 0.15) is 5.15 Å². The first-order valence-corrected chi connectivity index (χ1v) is 5.33. The van der Waals surface area contributed by atoms with E-state index in [2.05, 4.69) is 10.3 Å². The maximum absolute atomic E-state index is 9.56. The van der Waals surface area contributed by atoms with Crippen LogP contribution < -0.4 is 5.32 Å². The third kappa shape index (κ3) is 4.60. The fourth-order valence-electron chi connectivity index (χ4n) is 1.16. The van der Waals surface area contributed by atoms with E-state index in [1.54, 1.807) is 26.1 Å². The second kappa shape index (κ2) is 4.92. The molecular formula is C11H17ClN2O. The van der Waals surface area contributed by atoms with Gasteiger partial charge >= 0.3 is 0 Å². The van der Waals surface area contributed by atoms with Crippen molar-refractivity contribution in [3.63, 3.8) is 0 Å². The maximum Gasteiger partial charge on any atom is 0.129 e. The molecule has 0 radical (unpaired) electrons. The average molecular weight is 229 g/mol. The van der Waals surface area contributed by atoms with E-state index in [0.29, 0.717) is 11.7 Å². The van der Waals surface area contributed by atoms with Crippen molar-refractivity contribution in [2.24, 2.45) is 0 Å². The van der Waals surface area contributed by atoms with E-state index in [1.165, 1.54) is 0 Å². The van der Waals surface area contributed by atoms with Crippen molar-refractivity contribution >= 4 is 11.6 Å². The molecule has 1 rings (SSSR count). The monoisotopic (exact) mass is 228 g/mol. The zero-order chi connectivity index (χ0) is 11.5. The molecule has 0 saturated heterocycles. The van der Waals surface area contributed by atoms with Crippen LogP contribution in [0.4, 0.5) is 0 Å². The van der Waals surface area contributed by atoms with Crippen molar-refractivity contribution in [1.82, 2.24) is 10.3 Å². The highest BCUT2D eigenvalue weighted by molar-refractivity contribution is 6.29. The van der Waals surface area contributed by atoms with Crippen molar-refractivity contribution in [1.29, 1.82) is 0 Å². The van der Waals surface area contributed by atoms with E-state index in [0.717, 1.165) is 5.56 Å². The maximum atomic E-state index is 9.56. The Bertz CT molecular complexity index is 305. The van der Waals surface area contributed by atoms with Crippen LogP contribution in [0.1, 0.15) is 32.4 Å². The molecule has 0 bridgehead atoms. The predicted molar refractivity (Wildman–Crippen MR) is 62.0 cm³/mol. The number of hydrogen-bond donors (Lipinski definition) is 2. The first kappa shape index (κ1) is 12.4. The second-order valence-electron chi connectivity index (χ2n) is 4.33. The number of rotatable bonds is 4. The SMILES string of the molecule is CC(NCC(C)(C)O)c1ccc(Cl)nc1. The first-order valence-electron chi connectivity index (χ1n) is 4.96. The van der Waals surface area contributed by atoms with Gasteiger partial charge in [0, 0.05) is 18.8 Å². The van der Waals surface area contributed by atoms with Crippen molar-refractivity contribution in [2.75, 3.05) is 6.54 Å². The molecule has 1 heterocycles. The second-order valence-corrected chi connectivity index (χ2v) is 4.72. The fraction of sp³-hybridized carbons (Fsp3) is 0.545. The van der Waals surface area contributed by atoms with Crippen molar-refractivity contribution in [3.05, 3.63) is 29.0 Å².